The van der Waals surface area contributed by atoms with E-state index in [1.807, 2.05) is 31.6 Å². The summed E-state index contributed by atoms with van der Waals surface area (Å²) < 4.78 is 3.17. The standard InChI is InChI=1S/C12H14BrN3/c1-9(14)12-6-15-8-16(12)7-10-2-4-11(13)5-3-10/h2-6,8-9H,7,14H2,1H3/t9-/m0/s1. The van der Waals surface area contributed by atoms with Gasteiger partial charge in [0.25, 0.3) is 0 Å². The molecule has 1 heterocycles. The van der Waals surface area contributed by atoms with Gasteiger partial charge in [-0.05, 0) is 24.6 Å². The predicted molar refractivity (Wildman–Crippen MR) is 68.1 cm³/mol. The van der Waals surface area contributed by atoms with Gasteiger partial charge in [0, 0.05) is 23.3 Å². The maximum atomic E-state index is 5.87. The van der Waals surface area contributed by atoms with Crippen LogP contribution in [0.2, 0.25) is 0 Å². The first kappa shape index (κ1) is 11.4. The van der Waals surface area contributed by atoms with Gasteiger partial charge in [-0.15, -0.1) is 0 Å². The lowest BCUT2D eigenvalue weighted by Crippen LogP contribution is -2.12. The van der Waals surface area contributed by atoms with Crippen LogP contribution >= 0.6 is 15.9 Å². The van der Waals surface area contributed by atoms with Crippen molar-refractivity contribution in [3.63, 3.8) is 0 Å². The molecule has 3 nitrogen and oxygen atoms in total. The van der Waals surface area contributed by atoms with Crippen molar-refractivity contribution in [3.8, 4) is 0 Å². The SMILES string of the molecule is C[C@H](N)c1cncn1Cc1ccc(Br)cc1. The monoisotopic (exact) mass is 279 g/mol. The van der Waals surface area contributed by atoms with Crippen molar-refractivity contribution in [3.05, 3.63) is 52.5 Å². The van der Waals surface area contributed by atoms with Gasteiger partial charge in [0.05, 0.1) is 12.0 Å². The number of hydrogen-bond acceptors (Lipinski definition) is 2. The summed E-state index contributed by atoms with van der Waals surface area (Å²) >= 11 is 3.42. The van der Waals surface area contributed by atoms with E-state index in [1.54, 1.807) is 0 Å². The molecule has 0 aliphatic carbocycles. The number of imidazole rings is 1. The highest BCUT2D eigenvalue weighted by Crippen LogP contribution is 2.14. The smallest absolute Gasteiger partial charge is 0.0951 e. The molecule has 16 heavy (non-hydrogen) atoms. The zero-order valence-corrected chi connectivity index (χ0v) is 10.7. The topological polar surface area (TPSA) is 43.8 Å². The minimum atomic E-state index is 0.0120. The quantitative estimate of drug-likeness (QED) is 0.939. The summed E-state index contributed by atoms with van der Waals surface area (Å²) in [7, 11) is 0. The molecule has 0 aliphatic heterocycles. The number of nitrogens with two attached hydrogens (primary N) is 1. The molecule has 2 rings (SSSR count). The lowest BCUT2D eigenvalue weighted by molar-refractivity contribution is 0.674. The van der Waals surface area contributed by atoms with Gasteiger partial charge >= 0.3 is 0 Å². The van der Waals surface area contributed by atoms with Crippen LogP contribution in [0.1, 0.15) is 24.2 Å². The van der Waals surface area contributed by atoms with E-state index >= 15 is 0 Å². The molecule has 1 atom stereocenters. The number of hydrogen-bond donors (Lipinski definition) is 1. The third-order valence-corrected chi connectivity index (χ3v) is 3.01. The summed E-state index contributed by atoms with van der Waals surface area (Å²) in [4.78, 5) is 4.13. The summed E-state index contributed by atoms with van der Waals surface area (Å²) in [6, 6.07) is 8.28. The Kier molecular flexibility index (Phi) is 3.41. The lowest BCUT2D eigenvalue weighted by Gasteiger charge is -2.10. The second-order valence-electron chi connectivity index (χ2n) is 3.86. The molecular weight excluding hydrogens is 266 g/mol. The van der Waals surface area contributed by atoms with Gasteiger partial charge in [-0.3, -0.25) is 0 Å². The van der Waals surface area contributed by atoms with Gasteiger partial charge < -0.3 is 10.3 Å². The molecule has 0 aliphatic rings. The molecule has 0 bridgehead atoms. The van der Waals surface area contributed by atoms with Crippen molar-refractivity contribution in [1.29, 1.82) is 0 Å². The Hall–Kier alpha value is -1.13. The van der Waals surface area contributed by atoms with Gasteiger partial charge in [-0.2, -0.15) is 0 Å². The molecule has 0 unspecified atom stereocenters. The molecular formula is C12H14BrN3. The van der Waals surface area contributed by atoms with Gasteiger partial charge in [-0.1, -0.05) is 28.1 Å². The number of halogens is 1. The van der Waals surface area contributed by atoms with Crippen LogP contribution in [0.25, 0.3) is 0 Å². The van der Waals surface area contributed by atoms with Crippen LogP contribution in [0.3, 0.4) is 0 Å². The van der Waals surface area contributed by atoms with Crippen LogP contribution in [-0.2, 0) is 6.54 Å². The average Bonchev–Trinajstić information content (AvgIpc) is 2.69. The second kappa shape index (κ2) is 4.80. The van der Waals surface area contributed by atoms with Crippen LogP contribution in [0.15, 0.2) is 41.3 Å². The largest absolute Gasteiger partial charge is 0.329 e. The maximum absolute atomic E-state index is 5.87. The molecule has 84 valence electrons. The summed E-state index contributed by atoms with van der Waals surface area (Å²) in [6.07, 6.45) is 3.64. The van der Waals surface area contributed by atoms with Crippen LogP contribution < -0.4 is 5.73 Å². The third kappa shape index (κ3) is 2.51. The fourth-order valence-electron chi connectivity index (χ4n) is 1.63. The van der Waals surface area contributed by atoms with E-state index in [2.05, 4.69) is 37.6 Å². The van der Waals surface area contributed by atoms with E-state index in [4.69, 9.17) is 5.73 Å². The molecule has 1 aromatic carbocycles. The Bertz CT molecular complexity index is 459. The van der Waals surface area contributed by atoms with E-state index in [-0.39, 0.29) is 6.04 Å². The van der Waals surface area contributed by atoms with Crippen molar-refractivity contribution >= 4 is 15.9 Å². The zero-order valence-electron chi connectivity index (χ0n) is 9.10. The molecule has 2 N–H and O–H groups in total. The number of aromatic nitrogens is 2. The Morgan fingerprint density at radius 2 is 2.06 bits per heavy atom. The normalized spacial score (nSPS) is 12.7. The van der Waals surface area contributed by atoms with Crippen LogP contribution in [0, 0.1) is 0 Å². The molecule has 0 spiro atoms. The van der Waals surface area contributed by atoms with E-state index in [0.29, 0.717) is 0 Å². The minimum absolute atomic E-state index is 0.0120. The fourth-order valence-corrected chi connectivity index (χ4v) is 1.89. The van der Waals surface area contributed by atoms with Gasteiger partial charge in [0.1, 0.15) is 0 Å². The van der Waals surface area contributed by atoms with E-state index in [9.17, 15) is 0 Å². The Morgan fingerprint density at radius 1 is 1.38 bits per heavy atom. The molecule has 0 fully saturated rings. The molecule has 2 aromatic rings. The van der Waals surface area contributed by atoms with Crippen molar-refractivity contribution < 1.29 is 0 Å². The maximum Gasteiger partial charge on any atom is 0.0951 e. The Balaban J connectivity index is 2.20. The van der Waals surface area contributed by atoms with E-state index in [0.717, 1.165) is 16.7 Å². The molecule has 0 saturated heterocycles. The first-order valence-corrected chi connectivity index (χ1v) is 5.96. The molecule has 4 heteroatoms. The minimum Gasteiger partial charge on any atom is -0.329 e. The Labute approximate surface area is 103 Å². The fraction of sp³-hybridized carbons (Fsp3) is 0.250. The molecule has 0 radical (unpaired) electrons. The van der Waals surface area contributed by atoms with Gasteiger partial charge in [0.15, 0.2) is 0 Å². The van der Waals surface area contributed by atoms with Crippen LogP contribution in [0.5, 0.6) is 0 Å². The van der Waals surface area contributed by atoms with Gasteiger partial charge in [-0.25, -0.2) is 4.98 Å². The number of rotatable bonds is 3. The zero-order chi connectivity index (χ0) is 11.5. The number of nitrogens with zero attached hydrogens (tertiary/aromatic N) is 2. The van der Waals surface area contributed by atoms with E-state index in [1.165, 1.54) is 5.56 Å². The predicted octanol–water partition coefficient (Wildman–Crippen LogP) is 2.71. The summed E-state index contributed by atoms with van der Waals surface area (Å²) in [5, 5.41) is 0. The van der Waals surface area contributed by atoms with E-state index < -0.39 is 0 Å². The summed E-state index contributed by atoms with van der Waals surface area (Å²) in [5.74, 6) is 0. The lowest BCUT2D eigenvalue weighted by atomic mass is 10.2. The average molecular weight is 280 g/mol. The Morgan fingerprint density at radius 3 is 2.69 bits per heavy atom. The highest BCUT2D eigenvalue weighted by molar-refractivity contribution is 9.10. The third-order valence-electron chi connectivity index (χ3n) is 2.48. The highest BCUT2D eigenvalue weighted by atomic mass is 79.9. The van der Waals surface area contributed by atoms with Crippen LogP contribution in [-0.4, -0.2) is 9.55 Å². The van der Waals surface area contributed by atoms with Crippen molar-refractivity contribution in [1.82, 2.24) is 9.55 Å². The van der Waals surface area contributed by atoms with Crippen molar-refractivity contribution in [2.24, 2.45) is 5.73 Å². The second-order valence-corrected chi connectivity index (χ2v) is 4.78. The summed E-state index contributed by atoms with van der Waals surface area (Å²) in [6.45, 7) is 2.78. The van der Waals surface area contributed by atoms with Gasteiger partial charge in [0.2, 0.25) is 0 Å². The molecule has 0 saturated carbocycles. The number of benzene rings is 1. The van der Waals surface area contributed by atoms with Crippen molar-refractivity contribution in [2.45, 2.75) is 19.5 Å². The van der Waals surface area contributed by atoms with Crippen LogP contribution in [0.4, 0.5) is 0 Å². The summed E-state index contributed by atoms with van der Waals surface area (Å²) in [5.41, 5.74) is 8.17. The first-order chi connectivity index (χ1) is 7.66. The highest BCUT2D eigenvalue weighted by Gasteiger charge is 2.06. The molecule has 1 aromatic heterocycles. The molecule has 0 amide bonds. The van der Waals surface area contributed by atoms with Crippen molar-refractivity contribution in [2.75, 3.05) is 0 Å². The first-order valence-electron chi connectivity index (χ1n) is 5.17.